The summed E-state index contributed by atoms with van der Waals surface area (Å²) in [7, 11) is 0. The maximum absolute atomic E-state index is 12.5. The lowest BCUT2D eigenvalue weighted by Gasteiger charge is -2.29. The molecule has 1 aliphatic carbocycles. The molecule has 2 fully saturated rings. The number of hydrogen-bond donors (Lipinski definition) is 1. The summed E-state index contributed by atoms with van der Waals surface area (Å²) in [5.41, 5.74) is 0. The topological polar surface area (TPSA) is 71.8 Å². The van der Waals surface area contributed by atoms with Crippen LogP contribution in [0.4, 0.5) is 0 Å². The Morgan fingerprint density at radius 2 is 2.12 bits per heavy atom. The van der Waals surface area contributed by atoms with E-state index in [0.717, 1.165) is 12.8 Å². The Bertz CT molecular complexity index is 572. The molecule has 2 heterocycles. The lowest BCUT2D eigenvalue weighted by atomic mass is 9.88. The van der Waals surface area contributed by atoms with Crippen molar-refractivity contribution in [3.05, 3.63) is 24.2 Å². The molecule has 0 bridgehead atoms. The van der Waals surface area contributed by atoms with Gasteiger partial charge in [-0.1, -0.05) is 19.8 Å². The molecule has 3 atom stereocenters. The molecule has 0 spiro atoms. The van der Waals surface area contributed by atoms with Crippen LogP contribution in [0.1, 0.15) is 56.0 Å². The van der Waals surface area contributed by atoms with Crippen LogP contribution in [0.2, 0.25) is 0 Å². The van der Waals surface area contributed by atoms with E-state index in [4.69, 9.17) is 9.15 Å². The fourth-order valence-electron chi connectivity index (χ4n) is 3.86. The van der Waals surface area contributed by atoms with Gasteiger partial charge in [-0.15, -0.1) is 0 Å². The quantitative estimate of drug-likeness (QED) is 0.802. The molecule has 1 saturated heterocycles. The zero-order valence-corrected chi connectivity index (χ0v) is 14.9. The van der Waals surface area contributed by atoms with Crippen LogP contribution in [0, 0.1) is 5.92 Å². The van der Waals surface area contributed by atoms with Crippen molar-refractivity contribution < 1.29 is 18.7 Å². The monoisotopic (exact) mass is 348 g/mol. The summed E-state index contributed by atoms with van der Waals surface area (Å²) in [6.07, 6.45) is 8.17. The Kier molecular flexibility index (Phi) is 6.13. The van der Waals surface area contributed by atoms with Gasteiger partial charge in [-0.3, -0.25) is 9.59 Å². The van der Waals surface area contributed by atoms with Crippen molar-refractivity contribution >= 4 is 11.8 Å². The number of furan rings is 1. The van der Waals surface area contributed by atoms with E-state index in [1.165, 1.54) is 25.5 Å². The van der Waals surface area contributed by atoms with Gasteiger partial charge in [0.15, 0.2) is 5.76 Å². The van der Waals surface area contributed by atoms with E-state index < -0.39 is 6.04 Å². The van der Waals surface area contributed by atoms with Crippen molar-refractivity contribution in [3.8, 4) is 0 Å². The van der Waals surface area contributed by atoms with E-state index in [1.54, 1.807) is 17.0 Å². The van der Waals surface area contributed by atoms with Crippen LogP contribution in [0.3, 0.4) is 0 Å². The maximum atomic E-state index is 12.5. The van der Waals surface area contributed by atoms with Crippen LogP contribution >= 0.6 is 0 Å². The Hall–Kier alpha value is -1.82. The number of rotatable bonds is 6. The summed E-state index contributed by atoms with van der Waals surface area (Å²) in [5.74, 6) is 0.572. The smallest absolute Gasteiger partial charge is 0.290 e. The van der Waals surface area contributed by atoms with Gasteiger partial charge in [-0.25, -0.2) is 0 Å². The average Bonchev–Trinajstić information content (AvgIpc) is 3.30. The van der Waals surface area contributed by atoms with E-state index in [2.05, 4.69) is 12.2 Å². The zero-order chi connectivity index (χ0) is 17.6. The van der Waals surface area contributed by atoms with E-state index >= 15 is 0 Å². The molecule has 1 aromatic rings. The number of ether oxygens (including phenoxy) is 1. The molecule has 138 valence electrons. The van der Waals surface area contributed by atoms with Crippen molar-refractivity contribution in [1.29, 1.82) is 0 Å². The summed E-state index contributed by atoms with van der Waals surface area (Å²) in [4.78, 5) is 26.5. The summed E-state index contributed by atoms with van der Waals surface area (Å²) in [5, 5.41) is 2.92. The Morgan fingerprint density at radius 1 is 1.28 bits per heavy atom. The second-order valence-corrected chi connectivity index (χ2v) is 7.10. The molecular weight excluding hydrogens is 320 g/mol. The zero-order valence-electron chi connectivity index (χ0n) is 14.9. The molecule has 6 nitrogen and oxygen atoms in total. The molecule has 0 radical (unpaired) electrons. The normalized spacial score (nSPS) is 26.6. The fourth-order valence-corrected chi connectivity index (χ4v) is 3.86. The van der Waals surface area contributed by atoms with Crippen LogP contribution in [0.5, 0.6) is 0 Å². The molecule has 0 aromatic carbocycles. The SMILES string of the molecule is CC1CCCCC1OCCNC(=O)C1CCCN1C(=O)c1ccco1. The molecule has 1 aliphatic heterocycles. The summed E-state index contributed by atoms with van der Waals surface area (Å²) >= 11 is 0. The van der Waals surface area contributed by atoms with Crippen LogP contribution < -0.4 is 5.32 Å². The molecule has 1 saturated carbocycles. The third-order valence-corrected chi connectivity index (χ3v) is 5.31. The van der Waals surface area contributed by atoms with E-state index in [-0.39, 0.29) is 17.6 Å². The number of nitrogens with zero attached hydrogens (tertiary/aromatic N) is 1. The largest absolute Gasteiger partial charge is 0.459 e. The average molecular weight is 348 g/mol. The highest BCUT2D eigenvalue weighted by Gasteiger charge is 2.35. The first-order valence-electron chi connectivity index (χ1n) is 9.40. The van der Waals surface area contributed by atoms with Gasteiger partial charge in [0, 0.05) is 13.1 Å². The number of carbonyl (C=O) groups is 2. The van der Waals surface area contributed by atoms with Gasteiger partial charge in [0.25, 0.3) is 5.91 Å². The highest BCUT2D eigenvalue weighted by Crippen LogP contribution is 2.26. The van der Waals surface area contributed by atoms with Crippen LogP contribution in [0.25, 0.3) is 0 Å². The number of likely N-dealkylation sites (tertiary alicyclic amines) is 1. The van der Waals surface area contributed by atoms with Crippen molar-refractivity contribution in [1.82, 2.24) is 10.2 Å². The minimum atomic E-state index is -0.411. The van der Waals surface area contributed by atoms with Gasteiger partial charge in [-0.2, -0.15) is 0 Å². The first-order valence-corrected chi connectivity index (χ1v) is 9.40. The fraction of sp³-hybridized carbons (Fsp3) is 0.684. The second kappa shape index (κ2) is 8.52. The number of nitrogens with one attached hydrogen (secondary N) is 1. The highest BCUT2D eigenvalue weighted by atomic mass is 16.5. The van der Waals surface area contributed by atoms with Crippen molar-refractivity contribution in [2.45, 2.75) is 57.6 Å². The van der Waals surface area contributed by atoms with E-state index in [9.17, 15) is 9.59 Å². The summed E-state index contributed by atoms with van der Waals surface area (Å²) < 4.78 is 11.1. The molecule has 3 unspecified atom stereocenters. The lowest BCUT2D eigenvalue weighted by molar-refractivity contribution is -0.125. The Morgan fingerprint density at radius 3 is 2.88 bits per heavy atom. The Labute approximate surface area is 148 Å². The van der Waals surface area contributed by atoms with Crippen molar-refractivity contribution in [3.63, 3.8) is 0 Å². The number of carbonyl (C=O) groups excluding carboxylic acids is 2. The van der Waals surface area contributed by atoms with Crippen molar-refractivity contribution in [2.24, 2.45) is 5.92 Å². The standard InChI is InChI=1S/C19H28N2O4/c1-14-6-2-3-8-16(14)25-13-10-20-18(22)15-7-4-11-21(15)19(23)17-9-5-12-24-17/h5,9,12,14-16H,2-4,6-8,10-11,13H2,1H3,(H,20,22). The molecule has 1 aromatic heterocycles. The van der Waals surface area contributed by atoms with Gasteiger partial charge in [0.1, 0.15) is 6.04 Å². The first kappa shape index (κ1) is 18.0. The van der Waals surface area contributed by atoms with Gasteiger partial charge >= 0.3 is 0 Å². The summed E-state index contributed by atoms with van der Waals surface area (Å²) in [6, 6.07) is 2.91. The predicted octanol–water partition coefficient (Wildman–Crippen LogP) is 2.60. The molecule has 3 rings (SSSR count). The first-order chi connectivity index (χ1) is 12.2. The Balaban J connectivity index is 1.43. The molecular formula is C19H28N2O4. The van der Waals surface area contributed by atoms with Crippen LogP contribution in [0.15, 0.2) is 22.8 Å². The minimum absolute atomic E-state index is 0.0994. The van der Waals surface area contributed by atoms with Crippen LogP contribution in [-0.4, -0.2) is 48.6 Å². The summed E-state index contributed by atoms with van der Waals surface area (Å²) in [6.45, 7) is 3.84. The highest BCUT2D eigenvalue weighted by molar-refractivity contribution is 5.95. The lowest BCUT2D eigenvalue weighted by Crippen LogP contribution is -2.46. The van der Waals surface area contributed by atoms with Crippen molar-refractivity contribution in [2.75, 3.05) is 19.7 Å². The maximum Gasteiger partial charge on any atom is 0.290 e. The molecule has 2 amide bonds. The minimum Gasteiger partial charge on any atom is -0.459 e. The molecule has 25 heavy (non-hydrogen) atoms. The van der Waals surface area contributed by atoms with E-state index in [1.807, 2.05) is 0 Å². The second-order valence-electron chi connectivity index (χ2n) is 7.10. The molecule has 1 N–H and O–H groups in total. The molecule has 2 aliphatic rings. The number of amides is 2. The molecule has 6 heteroatoms. The number of hydrogen-bond acceptors (Lipinski definition) is 4. The van der Waals surface area contributed by atoms with E-state index in [0.29, 0.717) is 38.1 Å². The van der Waals surface area contributed by atoms with Crippen LogP contribution in [-0.2, 0) is 9.53 Å². The van der Waals surface area contributed by atoms with Gasteiger partial charge < -0.3 is 19.4 Å². The van der Waals surface area contributed by atoms with Gasteiger partial charge in [0.05, 0.1) is 19.0 Å². The van der Waals surface area contributed by atoms with Gasteiger partial charge in [0.2, 0.25) is 5.91 Å². The van der Waals surface area contributed by atoms with Gasteiger partial charge in [-0.05, 0) is 43.7 Å². The third-order valence-electron chi connectivity index (χ3n) is 5.31. The predicted molar refractivity (Wildman–Crippen MR) is 93.1 cm³/mol. The third kappa shape index (κ3) is 4.42.